The van der Waals surface area contributed by atoms with E-state index in [1.165, 1.54) is 11.8 Å². The van der Waals surface area contributed by atoms with Crippen LogP contribution in [0.15, 0.2) is 23.1 Å². The molecule has 0 aromatic heterocycles. The molecule has 0 spiro atoms. The van der Waals surface area contributed by atoms with Gasteiger partial charge in [0.2, 0.25) is 0 Å². The van der Waals surface area contributed by atoms with Gasteiger partial charge in [-0.15, -0.1) is 11.8 Å². The van der Waals surface area contributed by atoms with E-state index in [0.717, 1.165) is 16.9 Å². The Hall–Kier alpha value is -1.00. The van der Waals surface area contributed by atoms with Crippen LogP contribution in [0.2, 0.25) is 5.02 Å². The maximum atomic E-state index is 11.5. The van der Waals surface area contributed by atoms with Gasteiger partial charge in [0.15, 0.2) is 0 Å². The molecule has 0 heterocycles. The number of hydrogen-bond donors (Lipinski definition) is 1. The van der Waals surface area contributed by atoms with Crippen LogP contribution in [0.5, 0.6) is 0 Å². The second-order valence-corrected chi connectivity index (χ2v) is 6.42. The summed E-state index contributed by atoms with van der Waals surface area (Å²) in [5.74, 6) is -1.01. The number of carbonyl (C=O) groups is 2. The molecule has 20 heavy (non-hydrogen) atoms. The van der Waals surface area contributed by atoms with Crippen LogP contribution < -0.4 is 0 Å². The van der Waals surface area contributed by atoms with Gasteiger partial charge >= 0.3 is 5.97 Å². The first-order chi connectivity index (χ1) is 9.51. The van der Waals surface area contributed by atoms with E-state index in [1.807, 2.05) is 18.4 Å². The molecule has 1 fully saturated rings. The van der Waals surface area contributed by atoms with Crippen molar-refractivity contribution in [1.82, 2.24) is 0 Å². The van der Waals surface area contributed by atoms with Crippen molar-refractivity contribution in [2.24, 2.45) is 5.92 Å². The molecule has 1 unspecified atom stereocenters. The highest BCUT2D eigenvalue weighted by atomic mass is 35.5. The van der Waals surface area contributed by atoms with Crippen molar-refractivity contribution in [3.05, 3.63) is 28.8 Å². The molecule has 0 saturated heterocycles. The van der Waals surface area contributed by atoms with E-state index in [9.17, 15) is 14.7 Å². The SMILES string of the molecule is CSc1ccc(C(C[C@@H]2CCC(=O)C2)C(=O)O)cc1Cl. The molecule has 5 heteroatoms. The number of rotatable bonds is 5. The van der Waals surface area contributed by atoms with Crippen LogP contribution in [0, 0.1) is 5.92 Å². The number of carboxylic acid groups (broad SMARTS) is 1. The molecular formula is C15H17ClO3S. The first-order valence-electron chi connectivity index (χ1n) is 6.59. The summed E-state index contributed by atoms with van der Waals surface area (Å²) in [5.41, 5.74) is 0.722. The van der Waals surface area contributed by atoms with E-state index in [1.54, 1.807) is 6.07 Å². The van der Waals surface area contributed by atoms with Crippen LogP contribution in [0.4, 0.5) is 0 Å². The van der Waals surface area contributed by atoms with Gasteiger partial charge in [0.1, 0.15) is 5.78 Å². The van der Waals surface area contributed by atoms with Crippen molar-refractivity contribution in [2.45, 2.75) is 36.5 Å². The fourth-order valence-corrected chi connectivity index (χ4v) is 3.58. The fraction of sp³-hybridized carbons (Fsp3) is 0.467. The number of benzene rings is 1. The fourth-order valence-electron chi connectivity index (χ4n) is 2.70. The molecule has 2 rings (SSSR count). The Balaban J connectivity index is 2.18. The van der Waals surface area contributed by atoms with Crippen molar-refractivity contribution in [1.29, 1.82) is 0 Å². The lowest BCUT2D eigenvalue weighted by atomic mass is 9.88. The highest BCUT2D eigenvalue weighted by molar-refractivity contribution is 7.98. The Morgan fingerprint density at radius 3 is 2.80 bits per heavy atom. The molecule has 0 bridgehead atoms. The molecule has 2 atom stereocenters. The van der Waals surface area contributed by atoms with Gasteiger partial charge in [0.05, 0.1) is 10.9 Å². The maximum absolute atomic E-state index is 11.5. The van der Waals surface area contributed by atoms with Crippen LogP contribution in [0.3, 0.4) is 0 Å². The van der Waals surface area contributed by atoms with Crippen molar-refractivity contribution in [3.8, 4) is 0 Å². The van der Waals surface area contributed by atoms with Crippen molar-refractivity contribution in [3.63, 3.8) is 0 Å². The zero-order valence-electron chi connectivity index (χ0n) is 11.3. The molecular weight excluding hydrogens is 296 g/mol. The first-order valence-corrected chi connectivity index (χ1v) is 8.19. The molecule has 1 aromatic rings. The Morgan fingerprint density at radius 1 is 1.55 bits per heavy atom. The van der Waals surface area contributed by atoms with Crippen molar-refractivity contribution < 1.29 is 14.7 Å². The molecule has 0 radical (unpaired) electrons. The van der Waals surface area contributed by atoms with Gasteiger partial charge in [0, 0.05) is 17.7 Å². The van der Waals surface area contributed by atoms with Crippen LogP contribution in [-0.2, 0) is 9.59 Å². The monoisotopic (exact) mass is 312 g/mol. The number of ketones is 1. The third kappa shape index (κ3) is 3.55. The van der Waals surface area contributed by atoms with E-state index in [0.29, 0.717) is 24.3 Å². The molecule has 1 aromatic carbocycles. The number of Topliss-reactive ketones (excluding diaryl/α,β-unsaturated/α-hetero) is 1. The number of carboxylic acids is 1. The number of thioether (sulfide) groups is 1. The Kier molecular flexibility index (Phi) is 5.11. The predicted octanol–water partition coefficient (Wildman–Crippen LogP) is 3.99. The summed E-state index contributed by atoms with van der Waals surface area (Å²) >= 11 is 7.68. The van der Waals surface area contributed by atoms with E-state index < -0.39 is 11.9 Å². The molecule has 0 amide bonds. The lowest BCUT2D eigenvalue weighted by Crippen LogP contribution is -2.15. The summed E-state index contributed by atoms with van der Waals surface area (Å²) in [6.45, 7) is 0. The van der Waals surface area contributed by atoms with Gasteiger partial charge in [-0.1, -0.05) is 17.7 Å². The molecule has 1 saturated carbocycles. The molecule has 0 aliphatic heterocycles. The lowest BCUT2D eigenvalue weighted by Gasteiger charge is -2.17. The summed E-state index contributed by atoms with van der Waals surface area (Å²) < 4.78 is 0. The van der Waals surface area contributed by atoms with Gasteiger partial charge in [-0.05, 0) is 42.7 Å². The van der Waals surface area contributed by atoms with Crippen LogP contribution in [0.1, 0.15) is 37.2 Å². The smallest absolute Gasteiger partial charge is 0.310 e. The van der Waals surface area contributed by atoms with E-state index in [2.05, 4.69) is 0 Å². The normalized spacial score (nSPS) is 20.1. The van der Waals surface area contributed by atoms with Crippen molar-refractivity contribution >= 4 is 35.1 Å². The van der Waals surface area contributed by atoms with E-state index in [-0.39, 0.29) is 11.7 Å². The van der Waals surface area contributed by atoms with Gasteiger partial charge in [-0.3, -0.25) is 9.59 Å². The quantitative estimate of drug-likeness (QED) is 0.835. The number of aliphatic carboxylic acids is 1. The Bertz CT molecular complexity index is 530. The average molecular weight is 313 g/mol. The number of carbonyl (C=O) groups excluding carboxylic acids is 1. The maximum Gasteiger partial charge on any atom is 0.310 e. The average Bonchev–Trinajstić information content (AvgIpc) is 2.81. The summed E-state index contributed by atoms with van der Waals surface area (Å²) in [6, 6.07) is 5.42. The molecule has 1 aliphatic rings. The highest BCUT2D eigenvalue weighted by Gasteiger charge is 2.29. The second kappa shape index (κ2) is 6.64. The predicted molar refractivity (Wildman–Crippen MR) is 80.6 cm³/mol. The van der Waals surface area contributed by atoms with Crippen LogP contribution in [-0.4, -0.2) is 23.1 Å². The van der Waals surface area contributed by atoms with Gasteiger partial charge in [0.25, 0.3) is 0 Å². The number of halogens is 1. The van der Waals surface area contributed by atoms with E-state index in [4.69, 9.17) is 11.6 Å². The summed E-state index contributed by atoms with van der Waals surface area (Å²) in [6.07, 6.45) is 4.35. The third-order valence-electron chi connectivity index (χ3n) is 3.79. The summed E-state index contributed by atoms with van der Waals surface area (Å²) in [7, 11) is 0. The minimum atomic E-state index is -0.850. The Labute approximate surface area is 127 Å². The minimum Gasteiger partial charge on any atom is -0.481 e. The number of hydrogen-bond acceptors (Lipinski definition) is 3. The topological polar surface area (TPSA) is 54.4 Å². The third-order valence-corrected chi connectivity index (χ3v) is 5.01. The summed E-state index contributed by atoms with van der Waals surface area (Å²) in [4.78, 5) is 23.7. The van der Waals surface area contributed by atoms with Gasteiger partial charge in [-0.25, -0.2) is 0 Å². The standard InChI is InChI=1S/C15H17ClO3S/c1-20-14-5-3-10(8-13(14)16)12(15(18)19)7-9-2-4-11(17)6-9/h3,5,8-9,12H,2,4,6-7H2,1H3,(H,18,19)/t9-,12?/m1/s1. The first kappa shape index (κ1) is 15.4. The highest BCUT2D eigenvalue weighted by Crippen LogP contribution is 2.35. The van der Waals surface area contributed by atoms with Gasteiger partial charge < -0.3 is 5.11 Å². The summed E-state index contributed by atoms with van der Waals surface area (Å²) in [5, 5.41) is 10.0. The minimum absolute atomic E-state index is 0.183. The molecule has 1 aliphatic carbocycles. The zero-order chi connectivity index (χ0) is 14.7. The van der Waals surface area contributed by atoms with Crippen molar-refractivity contribution in [2.75, 3.05) is 6.26 Å². The largest absolute Gasteiger partial charge is 0.481 e. The Morgan fingerprint density at radius 2 is 2.30 bits per heavy atom. The van der Waals surface area contributed by atoms with Crippen LogP contribution >= 0.6 is 23.4 Å². The van der Waals surface area contributed by atoms with Crippen LogP contribution in [0.25, 0.3) is 0 Å². The molecule has 3 nitrogen and oxygen atoms in total. The molecule has 1 N–H and O–H groups in total. The second-order valence-electron chi connectivity index (χ2n) is 5.17. The lowest BCUT2D eigenvalue weighted by molar-refractivity contribution is -0.139. The molecule has 108 valence electrons. The van der Waals surface area contributed by atoms with E-state index >= 15 is 0 Å². The zero-order valence-corrected chi connectivity index (χ0v) is 12.8. The van der Waals surface area contributed by atoms with Gasteiger partial charge in [-0.2, -0.15) is 0 Å².